The van der Waals surface area contributed by atoms with E-state index in [-0.39, 0.29) is 11.9 Å². The third-order valence-electron chi connectivity index (χ3n) is 5.38. The number of fused-ring (bicyclic) bond motifs is 2. The van der Waals surface area contributed by atoms with Gasteiger partial charge in [0.05, 0.1) is 47.4 Å². The molecule has 0 spiro atoms. The van der Waals surface area contributed by atoms with Gasteiger partial charge in [-0.1, -0.05) is 17.7 Å². The molecule has 0 unspecified atom stereocenters. The molecule has 4 heterocycles. The number of nitrogens with one attached hydrogen (secondary N) is 3. The van der Waals surface area contributed by atoms with Gasteiger partial charge >= 0.3 is 0 Å². The summed E-state index contributed by atoms with van der Waals surface area (Å²) in [6.07, 6.45) is 0.623. The lowest BCUT2D eigenvalue weighted by Gasteiger charge is -2.17. The maximum Gasteiger partial charge on any atom is 0.255 e. The molecule has 10 nitrogen and oxygen atoms in total. The summed E-state index contributed by atoms with van der Waals surface area (Å²) < 4.78 is 10.8. The van der Waals surface area contributed by atoms with E-state index >= 15 is 0 Å². The molecule has 1 aliphatic rings. The molecule has 3 aromatic heterocycles. The van der Waals surface area contributed by atoms with Gasteiger partial charge in [0.25, 0.3) is 5.91 Å². The summed E-state index contributed by atoms with van der Waals surface area (Å²) in [6, 6.07) is 8.77. The number of halogens is 1. The molecule has 0 fully saturated rings. The minimum atomic E-state index is -0.209. The van der Waals surface area contributed by atoms with E-state index in [1.54, 1.807) is 24.3 Å². The number of benzene rings is 1. The number of amides is 1. The zero-order valence-electron chi connectivity index (χ0n) is 17.8. The van der Waals surface area contributed by atoms with Crippen LogP contribution in [0.2, 0.25) is 5.02 Å². The van der Waals surface area contributed by atoms with Crippen molar-refractivity contribution >= 4 is 45.9 Å². The Labute approximate surface area is 193 Å². The highest BCUT2D eigenvalue weighted by Gasteiger charge is 2.29. The predicted molar refractivity (Wildman–Crippen MR) is 125 cm³/mol. The van der Waals surface area contributed by atoms with Crippen LogP contribution in [0.3, 0.4) is 0 Å². The van der Waals surface area contributed by atoms with Crippen molar-refractivity contribution < 1.29 is 14.3 Å². The molecule has 11 heteroatoms. The highest BCUT2D eigenvalue weighted by atomic mass is 35.5. The fourth-order valence-corrected chi connectivity index (χ4v) is 4.19. The monoisotopic (exact) mass is 465 g/mol. The second-order valence-corrected chi connectivity index (χ2v) is 7.74. The number of carbonyl (C=O) groups is 1. The second-order valence-electron chi connectivity index (χ2n) is 7.33. The molecule has 0 saturated carbocycles. The van der Waals surface area contributed by atoms with Crippen LogP contribution in [-0.2, 0) is 6.42 Å². The molecule has 1 amide bonds. The van der Waals surface area contributed by atoms with E-state index in [4.69, 9.17) is 26.8 Å². The number of anilines is 3. The largest absolute Gasteiger partial charge is 0.493 e. The van der Waals surface area contributed by atoms with Gasteiger partial charge in [0.2, 0.25) is 11.8 Å². The number of hydrogen-bond acceptors (Lipinski definition) is 8. The first-order valence-electron chi connectivity index (χ1n) is 10.1. The average molecular weight is 466 g/mol. The summed E-state index contributed by atoms with van der Waals surface area (Å²) in [5, 5.41) is 6.64. The Morgan fingerprint density at radius 3 is 2.76 bits per heavy atom. The molecule has 1 aromatic carbocycles. The molecule has 0 radical (unpaired) electrons. The lowest BCUT2D eigenvalue weighted by molar-refractivity contribution is 0.0947. The first-order valence-corrected chi connectivity index (χ1v) is 10.5. The summed E-state index contributed by atoms with van der Waals surface area (Å²) in [4.78, 5) is 29.5. The van der Waals surface area contributed by atoms with Crippen LogP contribution in [-0.4, -0.2) is 46.6 Å². The van der Waals surface area contributed by atoms with Crippen molar-refractivity contribution in [2.75, 3.05) is 31.8 Å². The van der Waals surface area contributed by atoms with Crippen LogP contribution in [0.5, 0.6) is 11.6 Å². The highest BCUT2D eigenvalue weighted by Crippen LogP contribution is 2.41. The van der Waals surface area contributed by atoms with Gasteiger partial charge in [-0.05, 0) is 18.2 Å². The number of para-hydroxylation sites is 1. The predicted octanol–water partition coefficient (Wildman–Crippen LogP) is 3.30. The third kappa shape index (κ3) is 3.54. The number of aromatic nitrogens is 4. The molecule has 0 aliphatic carbocycles. The third-order valence-corrected chi connectivity index (χ3v) is 5.67. The topological polar surface area (TPSA) is 140 Å². The van der Waals surface area contributed by atoms with E-state index in [9.17, 15) is 4.79 Å². The fourth-order valence-electron chi connectivity index (χ4n) is 3.93. The minimum absolute atomic E-state index is 0.0766. The van der Waals surface area contributed by atoms with Crippen LogP contribution >= 0.6 is 11.6 Å². The van der Waals surface area contributed by atoms with Crippen LogP contribution in [0.15, 0.2) is 30.3 Å². The lowest BCUT2D eigenvalue weighted by Crippen LogP contribution is -2.31. The van der Waals surface area contributed by atoms with Crippen molar-refractivity contribution in [3.8, 4) is 23.0 Å². The lowest BCUT2D eigenvalue weighted by atomic mass is 10.1. The number of nitrogens with zero attached hydrogens (tertiary/aromatic N) is 3. The van der Waals surface area contributed by atoms with E-state index in [2.05, 4.69) is 30.6 Å². The molecular formula is C22H20ClN7O3. The number of carbonyl (C=O) groups excluding carboxylic acids is 1. The fraction of sp³-hybridized carbons (Fsp3) is 0.182. The number of hydrogen-bond donors (Lipinski definition) is 4. The van der Waals surface area contributed by atoms with Crippen LogP contribution < -0.4 is 25.8 Å². The molecular weight excluding hydrogens is 446 g/mol. The van der Waals surface area contributed by atoms with Gasteiger partial charge in [-0.15, -0.1) is 0 Å². The van der Waals surface area contributed by atoms with Crippen LogP contribution in [0, 0.1) is 0 Å². The van der Waals surface area contributed by atoms with Gasteiger partial charge in [-0.3, -0.25) is 4.79 Å². The molecule has 0 bridgehead atoms. The number of nitrogens with two attached hydrogens (primary N) is 1. The Morgan fingerprint density at radius 1 is 1.12 bits per heavy atom. The van der Waals surface area contributed by atoms with Gasteiger partial charge in [0.15, 0.2) is 5.75 Å². The number of methoxy groups -OCH3 is 2. The van der Waals surface area contributed by atoms with E-state index in [0.717, 1.165) is 5.69 Å². The molecule has 168 valence electrons. The van der Waals surface area contributed by atoms with Crippen molar-refractivity contribution in [1.82, 2.24) is 25.3 Å². The Bertz CT molecular complexity index is 1400. The van der Waals surface area contributed by atoms with E-state index in [0.29, 0.717) is 69.0 Å². The Kier molecular flexibility index (Phi) is 5.14. The first-order chi connectivity index (χ1) is 16.0. The number of rotatable bonds is 5. The molecule has 4 aromatic rings. The first kappa shape index (κ1) is 20.8. The van der Waals surface area contributed by atoms with Gasteiger partial charge in [0.1, 0.15) is 11.2 Å². The van der Waals surface area contributed by atoms with Gasteiger partial charge in [0, 0.05) is 24.7 Å². The molecule has 1 aliphatic heterocycles. The summed E-state index contributed by atoms with van der Waals surface area (Å²) >= 11 is 6.32. The van der Waals surface area contributed by atoms with Gasteiger partial charge in [-0.2, -0.15) is 0 Å². The smallest absolute Gasteiger partial charge is 0.255 e. The Balaban J connectivity index is 1.78. The van der Waals surface area contributed by atoms with Crippen molar-refractivity contribution in [3.05, 3.63) is 46.6 Å². The average Bonchev–Trinajstić information content (AvgIpc) is 3.17. The zero-order valence-corrected chi connectivity index (χ0v) is 18.6. The number of H-pyrrole nitrogens is 1. The minimum Gasteiger partial charge on any atom is -0.493 e. The Morgan fingerprint density at radius 2 is 1.97 bits per heavy atom. The quantitative estimate of drug-likeness (QED) is 0.352. The zero-order chi connectivity index (χ0) is 23.1. The SMILES string of the molecule is COc1ccc2nc(N)nc(-c3[nH]c4c(c3Nc3cccc(Cl)c3OC)C(=O)NCC4)c2n1. The van der Waals surface area contributed by atoms with E-state index in [1.807, 2.05) is 6.07 Å². The van der Waals surface area contributed by atoms with Crippen LogP contribution in [0.4, 0.5) is 17.3 Å². The van der Waals surface area contributed by atoms with E-state index in [1.165, 1.54) is 14.2 Å². The molecule has 5 rings (SSSR count). The summed E-state index contributed by atoms with van der Waals surface area (Å²) in [5.41, 5.74) is 10.3. The van der Waals surface area contributed by atoms with Crippen molar-refractivity contribution in [2.45, 2.75) is 6.42 Å². The maximum atomic E-state index is 12.9. The number of aromatic amines is 1. The molecule has 33 heavy (non-hydrogen) atoms. The molecule has 5 N–H and O–H groups in total. The maximum absolute atomic E-state index is 12.9. The second kappa shape index (κ2) is 8.14. The van der Waals surface area contributed by atoms with Crippen molar-refractivity contribution in [2.24, 2.45) is 0 Å². The number of nitrogen functional groups attached to an aromatic ring is 1. The standard InChI is InChI=1S/C22H20ClN7O3/c1-32-14-7-6-12-16(29-14)18(30-22(24)28-12)19-17(15-11(26-19)8-9-25-21(15)31)27-13-5-3-4-10(23)20(13)33-2/h3-7,26-27H,8-9H2,1-2H3,(H,25,31)(H2,24,28,30). The van der Waals surface area contributed by atoms with Gasteiger partial charge < -0.3 is 30.8 Å². The van der Waals surface area contributed by atoms with Crippen LogP contribution in [0.1, 0.15) is 16.1 Å². The van der Waals surface area contributed by atoms with Crippen molar-refractivity contribution in [3.63, 3.8) is 0 Å². The number of pyridine rings is 1. The Hall–Kier alpha value is -4.05. The van der Waals surface area contributed by atoms with Gasteiger partial charge in [-0.25, -0.2) is 15.0 Å². The number of ether oxygens (including phenoxy) is 2. The summed E-state index contributed by atoms with van der Waals surface area (Å²) in [5.74, 6) is 0.715. The summed E-state index contributed by atoms with van der Waals surface area (Å²) in [7, 11) is 3.06. The van der Waals surface area contributed by atoms with E-state index < -0.39 is 0 Å². The highest BCUT2D eigenvalue weighted by molar-refractivity contribution is 6.32. The molecule has 0 saturated heterocycles. The summed E-state index contributed by atoms with van der Waals surface area (Å²) in [6.45, 7) is 0.518. The van der Waals surface area contributed by atoms with Crippen molar-refractivity contribution in [1.29, 1.82) is 0 Å². The normalized spacial score (nSPS) is 12.9. The van der Waals surface area contributed by atoms with Crippen LogP contribution in [0.25, 0.3) is 22.4 Å². The molecule has 0 atom stereocenters.